The molecule has 122 valence electrons. The van der Waals surface area contributed by atoms with Crippen LogP contribution in [-0.4, -0.2) is 18.9 Å². The van der Waals surface area contributed by atoms with Crippen LogP contribution in [0.1, 0.15) is 53.0 Å². The third-order valence-corrected chi connectivity index (χ3v) is 3.59. The largest absolute Gasteiger partial charge is 0.466 e. The van der Waals surface area contributed by atoms with Gasteiger partial charge in [-0.15, -0.1) is 0 Å². The van der Waals surface area contributed by atoms with Crippen LogP contribution in [0.2, 0.25) is 0 Å². The Kier molecular flexibility index (Phi) is 9.07. The average Bonchev–Trinajstić information content (AvgIpc) is 2.60. The number of carbonyl (C=O) groups is 2. The topological polar surface area (TPSA) is 43.4 Å². The second kappa shape index (κ2) is 9.93. The molecule has 0 saturated carbocycles. The Morgan fingerprint density at radius 2 is 1.64 bits per heavy atom. The van der Waals surface area contributed by atoms with Crippen molar-refractivity contribution in [1.29, 1.82) is 0 Å². The predicted molar refractivity (Wildman–Crippen MR) is 90.8 cm³/mol. The van der Waals surface area contributed by atoms with E-state index in [0.717, 1.165) is 5.56 Å². The Morgan fingerprint density at radius 3 is 2.14 bits per heavy atom. The summed E-state index contributed by atoms with van der Waals surface area (Å²) in [6, 6.07) is 9.76. The smallest absolute Gasteiger partial charge is 0.334 e. The zero-order valence-corrected chi connectivity index (χ0v) is 14.6. The molecule has 1 unspecified atom stereocenters. The number of rotatable bonds is 2. The highest BCUT2D eigenvalue weighted by atomic mass is 16.5. The standard InChI is InChI=1S/C15H16O3.2C2H6/c1-15(11-6-4-3-5-7-11)9-8-12(16)10-13(15)14(17)18-2;2*1-2/h3-7,10H,8-9H2,1-2H3;2*1-2H3. The summed E-state index contributed by atoms with van der Waals surface area (Å²) < 4.78 is 4.80. The van der Waals surface area contributed by atoms with Crippen molar-refractivity contribution in [1.82, 2.24) is 0 Å². The van der Waals surface area contributed by atoms with Gasteiger partial charge in [-0.25, -0.2) is 4.79 Å². The average molecular weight is 304 g/mol. The van der Waals surface area contributed by atoms with E-state index in [0.29, 0.717) is 18.4 Å². The van der Waals surface area contributed by atoms with Gasteiger partial charge < -0.3 is 4.74 Å². The number of hydrogen-bond donors (Lipinski definition) is 0. The number of methoxy groups -OCH3 is 1. The van der Waals surface area contributed by atoms with Gasteiger partial charge in [0.05, 0.1) is 12.7 Å². The number of esters is 1. The Labute approximate surface area is 134 Å². The van der Waals surface area contributed by atoms with Crippen LogP contribution in [0.25, 0.3) is 0 Å². The van der Waals surface area contributed by atoms with Crippen molar-refractivity contribution in [3.05, 3.63) is 47.5 Å². The molecule has 0 N–H and O–H groups in total. The zero-order valence-electron chi connectivity index (χ0n) is 14.6. The molecular weight excluding hydrogens is 276 g/mol. The summed E-state index contributed by atoms with van der Waals surface area (Å²) in [7, 11) is 1.34. The molecular formula is C19H28O3. The molecule has 0 aliphatic heterocycles. The normalized spacial score (nSPS) is 19.7. The molecule has 3 nitrogen and oxygen atoms in total. The number of hydrogen-bond acceptors (Lipinski definition) is 3. The van der Waals surface area contributed by atoms with Gasteiger partial charge in [0.1, 0.15) is 0 Å². The van der Waals surface area contributed by atoms with E-state index in [-0.39, 0.29) is 5.78 Å². The van der Waals surface area contributed by atoms with Gasteiger partial charge in [0.2, 0.25) is 0 Å². The third-order valence-electron chi connectivity index (χ3n) is 3.59. The van der Waals surface area contributed by atoms with E-state index in [1.807, 2.05) is 65.0 Å². The molecule has 0 radical (unpaired) electrons. The molecule has 1 atom stereocenters. The monoisotopic (exact) mass is 304 g/mol. The number of carbonyl (C=O) groups excluding carboxylic acids is 2. The molecule has 1 aliphatic carbocycles. The first-order valence-corrected chi connectivity index (χ1v) is 7.97. The molecule has 0 fully saturated rings. The van der Waals surface area contributed by atoms with E-state index in [9.17, 15) is 9.59 Å². The Bertz CT molecular complexity index is 503. The van der Waals surface area contributed by atoms with Gasteiger partial charge in [0.15, 0.2) is 5.78 Å². The summed E-state index contributed by atoms with van der Waals surface area (Å²) in [4.78, 5) is 23.4. The van der Waals surface area contributed by atoms with E-state index in [1.165, 1.54) is 13.2 Å². The van der Waals surface area contributed by atoms with Crippen LogP contribution in [0.5, 0.6) is 0 Å². The van der Waals surface area contributed by atoms with Crippen LogP contribution in [0, 0.1) is 0 Å². The van der Waals surface area contributed by atoms with E-state index in [2.05, 4.69) is 0 Å². The molecule has 1 aromatic carbocycles. The Hall–Kier alpha value is -1.90. The molecule has 0 spiro atoms. The van der Waals surface area contributed by atoms with Gasteiger partial charge in [0, 0.05) is 11.8 Å². The molecule has 0 amide bonds. The molecule has 2 rings (SSSR count). The van der Waals surface area contributed by atoms with Crippen LogP contribution < -0.4 is 0 Å². The highest BCUT2D eigenvalue weighted by molar-refractivity contribution is 6.02. The van der Waals surface area contributed by atoms with Gasteiger partial charge >= 0.3 is 5.97 Å². The lowest BCUT2D eigenvalue weighted by atomic mass is 9.69. The lowest BCUT2D eigenvalue weighted by molar-refractivity contribution is -0.137. The maximum Gasteiger partial charge on any atom is 0.334 e. The number of allylic oxidation sites excluding steroid dienone is 1. The first kappa shape index (κ1) is 20.1. The third kappa shape index (κ3) is 4.55. The van der Waals surface area contributed by atoms with E-state index in [4.69, 9.17) is 4.74 Å². The molecule has 0 saturated heterocycles. The molecule has 0 aromatic heterocycles. The fourth-order valence-corrected chi connectivity index (χ4v) is 2.40. The second-order valence-corrected chi connectivity index (χ2v) is 4.71. The molecule has 0 heterocycles. The highest BCUT2D eigenvalue weighted by Crippen LogP contribution is 2.39. The van der Waals surface area contributed by atoms with Crippen LogP contribution in [0.15, 0.2) is 42.0 Å². The van der Waals surface area contributed by atoms with Crippen LogP contribution in [0.4, 0.5) is 0 Å². The quantitative estimate of drug-likeness (QED) is 0.758. The lowest BCUT2D eigenvalue weighted by Gasteiger charge is -2.34. The fourth-order valence-electron chi connectivity index (χ4n) is 2.40. The van der Waals surface area contributed by atoms with Gasteiger partial charge in [-0.1, -0.05) is 65.0 Å². The van der Waals surface area contributed by atoms with Crippen molar-refractivity contribution in [3.63, 3.8) is 0 Å². The maximum atomic E-state index is 11.9. The van der Waals surface area contributed by atoms with Crippen molar-refractivity contribution in [2.75, 3.05) is 7.11 Å². The number of ether oxygens (including phenoxy) is 1. The highest BCUT2D eigenvalue weighted by Gasteiger charge is 2.39. The van der Waals surface area contributed by atoms with E-state index in [1.54, 1.807) is 0 Å². The van der Waals surface area contributed by atoms with Crippen molar-refractivity contribution >= 4 is 11.8 Å². The molecule has 1 aromatic rings. The lowest BCUT2D eigenvalue weighted by Crippen LogP contribution is -2.34. The summed E-state index contributed by atoms with van der Waals surface area (Å²) in [6.07, 6.45) is 2.53. The van der Waals surface area contributed by atoms with Gasteiger partial charge in [-0.3, -0.25) is 4.79 Å². The Morgan fingerprint density at radius 1 is 1.09 bits per heavy atom. The summed E-state index contributed by atoms with van der Waals surface area (Å²) in [5.74, 6) is -0.432. The summed E-state index contributed by atoms with van der Waals surface area (Å²) in [6.45, 7) is 9.98. The minimum atomic E-state index is -0.442. The second-order valence-electron chi connectivity index (χ2n) is 4.71. The summed E-state index contributed by atoms with van der Waals surface area (Å²) in [5, 5.41) is 0. The summed E-state index contributed by atoms with van der Waals surface area (Å²) >= 11 is 0. The SMILES string of the molecule is CC.CC.COC(=O)C1=CC(=O)CCC1(C)c1ccccc1. The molecule has 0 bridgehead atoms. The van der Waals surface area contributed by atoms with Crippen LogP contribution >= 0.6 is 0 Å². The van der Waals surface area contributed by atoms with Gasteiger partial charge in [0.25, 0.3) is 0 Å². The predicted octanol–water partition coefficient (Wildman–Crippen LogP) is 4.46. The zero-order chi connectivity index (χ0) is 17.2. The fraction of sp³-hybridized carbons (Fsp3) is 0.474. The van der Waals surface area contributed by atoms with Gasteiger partial charge in [-0.2, -0.15) is 0 Å². The summed E-state index contributed by atoms with van der Waals surface area (Å²) in [5.41, 5.74) is 1.05. The minimum absolute atomic E-state index is 0.0104. The van der Waals surface area contributed by atoms with E-state index >= 15 is 0 Å². The molecule has 22 heavy (non-hydrogen) atoms. The van der Waals surface area contributed by atoms with E-state index < -0.39 is 11.4 Å². The van der Waals surface area contributed by atoms with Crippen molar-refractivity contribution in [2.24, 2.45) is 0 Å². The first-order valence-electron chi connectivity index (χ1n) is 7.97. The van der Waals surface area contributed by atoms with Crippen LogP contribution in [0.3, 0.4) is 0 Å². The minimum Gasteiger partial charge on any atom is -0.466 e. The van der Waals surface area contributed by atoms with Crippen LogP contribution in [-0.2, 0) is 19.7 Å². The Balaban J connectivity index is 0.00000102. The van der Waals surface area contributed by atoms with Crippen molar-refractivity contribution in [2.45, 2.75) is 52.9 Å². The number of benzene rings is 1. The first-order chi connectivity index (χ1) is 10.6. The molecule has 1 aliphatic rings. The maximum absolute atomic E-state index is 11.9. The molecule has 3 heteroatoms. The van der Waals surface area contributed by atoms with Crippen molar-refractivity contribution < 1.29 is 14.3 Å². The van der Waals surface area contributed by atoms with Gasteiger partial charge in [-0.05, 0) is 18.1 Å². The number of ketones is 1. The van der Waals surface area contributed by atoms with Crippen molar-refractivity contribution in [3.8, 4) is 0 Å².